The molecule has 0 fully saturated rings. The second-order valence-corrected chi connectivity index (χ2v) is 7.79. The Hall–Kier alpha value is -3.57. The molecular weight excluding hydrogens is 396 g/mol. The van der Waals surface area contributed by atoms with Crippen molar-refractivity contribution in [3.8, 4) is 27.7 Å². The summed E-state index contributed by atoms with van der Waals surface area (Å²) in [6, 6.07) is 25.7. The number of methoxy groups -OCH3 is 1. The van der Waals surface area contributed by atoms with Crippen LogP contribution in [0, 0.1) is 0 Å². The summed E-state index contributed by atoms with van der Waals surface area (Å²) in [4.78, 5) is 14.3. The van der Waals surface area contributed by atoms with E-state index >= 15 is 0 Å². The summed E-state index contributed by atoms with van der Waals surface area (Å²) in [7, 11) is 1.64. The SMILES string of the molecule is COc1ccc(COc2cccc(-c3ccc(C(=O)c4cccc(O)c4)s3)c2)cc1. The van der Waals surface area contributed by atoms with E-state index in [9.17, 15) is 9.90 Å². The van der Waals surface area contributed by atoms with Crippen LogP contribution < -0.4 is 9.47 Å². The molecule has 1 N–H and O–H groups in total. The summed E-state index contributed by atoms with van der Waals surface area (Å²) >= 11 is 1.42. The Kier molecular flexibility index (Phi) is 5.82. The highest BCUT2D eigenvalue weighted by Gasteiger charge is 2.13. The molecule has 3 aromatic carbocycles. The van der Waals surface area contributed by atoms with Crippen molar-refractivity contribution in [2.24, 2.45) is 0 Å². The van der Waals surface area contributed by atoms with Gasteiger partial charge in [-0.05, 0) is 59.7 Å². The van der Waals surface area contributed by atoms with Gasteiger partial charge < -0.3 is 14.6 Å². The van der Waals surface area contributed by atoms with Gasteiger partial charge in [-0.25, -0.2) is 0 Å². The average molecular weight is 416 g/mol. The van der Waals surface area contributed by atoms with Crippen molar-refractivity contribution in [1.29, 1.82) is 0 Å². The first-order chi connectivity index (χ1) is 14.6. The lowest BCUT2D eigenvalue weighted by molar-refractivity contribution is 0.104. The Bertz CT molecular complexity index is 1160. The highest BCUT2D eigenvalue weighted by molar-refractivity contribution is 7.17. The molecule has 4 nitrogen and oxygen atoms in total. The standard InChI is InChI=1S/C25H20O4S/c1-28-21-10-8-17(9-11-21)16-29-22-7-3-4-18(15-22)23-12-13-24(30-23)25(27)19-5-2-6-20(26)14-19/h2-15,26H,16H2,1H3. The minimum absolute atomic E-state index is 0.0827. The molecule has 0 radical (unpaired) electrons. The topological polar surface area (TPSA) is 55.8 Å². The van der Waals surface area contributed by atoms with E-state index in [2.05, 4.69) is 0 Å². The van der Waals surface area contributed by atoms with Gasteiger partial charge in [0.05, 0.1) is 12.0 Å². The molecule has 4 aromatic rings. The predicted molar refractivity (Wildman–Crippen MR) is 119 cm³/mol. The second kappa shape index (κ2) is 8.84. The molecule has 30 heavy (non-hydrogen) atoms. The van der Waals surface area contributed by atoms with E-state index < -0.39 is 0 Å². The third-order valence-electron chi connectivity index (χ3n) is 4.62. The van der Waals surface area contributed by atoms with Gasteiger partial charge in [0.1, 0.15) is 23.9 Å². The maximum atomic E-state index is 12.7. The number of hydrogen-bond donors (Lipinski definition) is 1. The smallest absolute Gasteiger partial charge is 0.203 e. The van der Waals surface area contributed by atoms with E-state index in [1.165, 1.54) is 17.4 Å². The van der Waals surface area contributed by atoms with Crippen LogP contribution in [0.1, 0.15) is 20.8 Å². The molecule has 0 spiro atoms. The number of thiophene rings is 1. The Labute approximate surface area is 179 Å². The molecule has 0 aliphatic carbocycles. The molecule has 1 heterocycles. The quantitative estimate of drug-likeness (QED) is 0.379. The lowest BCUT2D eigenvalue weighted by Gasteiger charge is -2.08. The summed E-state index contributed by atoms with van der Waals surface area (Å²) in [6.07, 6.45) is 0. The van der Waals surface area contributed by atoms with Crippen molar-refractivity contribution in [2.45, 2.75) is 6.61 Å². The molecule has 1 aromatic heterocycles. The van der Waals surface area contributed by atoms with Gasteiger partial charge in [-0.15, -0.1) is 11.3 Å². The van der Waals surface area contributed by atoms with Crippen LogP contribution >= 0.6 is 11.3 Å². The van der Waals surface area contributed by atoms with E-state index in [1.54, 1.807) is 25.3 Å². The van der Waals surface area contributed by atoms with E-state index in [1.807, 2.05) is 60.7 Å². The Balaban J connectivity index is 1.48. The molecular formula is C25H20O4S. The first-order valence-corrected chi connectivity index (χ1v) is 10.2. The van der Waals surface area contributed by atoms with Crippen LogP contribution in [0.5, 0.6) is 17.2 Å². The van der Waals surface area contributed by atoms with Gasteiger partial charge in [0.25, 0.3) is 0 Å². The van der Waals surface area contributed by atoms with Crippen LogP contribution in [-0.4, -0.2) is 18.0 Å². The lowest BCUT2D eigenvalue weighted by atomic mass is 10.1. The Morgan fingerprint density at radius 1 is 0.900 bits per heavy atom. The van der Waals surface area contributed by atoms with Crippen LogP contribution in [-0.2, 0) is 6.61 Å². The number of aromatic hydroxyl groups is 1. The fourth-order valence-electron chi connectivity index (χ4n) is 3.03. The number of phenolic OH excluding ortho intramolecular Hbond substituents is 1. The molecule has 0 unspecified atom stereocenters. The monoisotopic (exact) mass is 416 g/mol. The molecule has 0 saturated heterocycles. The molecule has 0 amide bonds. The zero-order valence-corrected chi connectivity index (χ0v) is 17.2. The second-order valence-electron chi connectivity index (χ2n) is 6.71. The number of carbonyl (C=O) groups is 1. The molecule has 150 valence electrons. The summed E-state index contributed by atoms with van der Waals surface area (Å²) in [5.74, 6) is 1.56. The first kappa shape index (κ1) is 19.7. The largest absolute Gasteiger partial charge is 0.508 e. The highest BCUT2D eigenvalue weighted by Crippen LogP contribution is 2.32. The van der Waals surface area contributed by atoms with Gasteiger partial charge in [-0.2, -0.15) is 0 Å². The van der Waals surface area contributed by atoms with Crippen LogP contribution in [0.25, 0.3) is 10.4 Å². The number of benzene rings is 3. The maximum Gasteiger partial charge on any atom is 0.203 e. The predicted octanol–water partition coefficient (Wildman–Crippen LogP) is 5.94. The zero-order valence-electron chi connectivity index (χ0n) is 16.4. The molecule has 0 aliphatic heterocycles. The van der Waals surface area contributed by atoms with Crippen molar-refractivity contribution in [3.05, 3.63) is 101 Å². The van der Waals surface area contributed by atoms with Crippen molar-refractivity contribution in [1.82, 2.24) is 0 Å². The normalized spacial score (nSPS) is 10.6. The third-order valence-corrected chi connectivity index (χ3v) is 5.75. The van der Waals surface area contributed by atoms with E-state index in [0.29, 0.717) is 17.0 Å². The van der Waals surface area contributed by atoms with Crippen molar-refractivity contribution < 1.29 is 19.4 Å². The van der Waals surface area contributed by atoms with E-state index in [-0.39, 0.29) is 11.5 Å². The summed E-state index contributed by atoms with van der Waals surface area (Å²) in [6.45, 7) is 0.457. The van der Waals surface area contributed by atoms with Gasteiger partial charge in [-0.1, -0.05) is 36.4 Å². The maximum absolute atomic E-state index is 12.7. The minimum Gasteiger partial charge on any atom is -0.508 e. The van der Waals surface area contributed by atoms with E-state index in [4.69, 9.17) is 9.47 Å². The van der Waals surface area contributed by atoms with Crippen molar-refractivity contribution >= 4 is 17.1 Å². The molecule has 0 aliphatic rings. The number of rotatable bonds is 7. The number of phenols is 1. The van der Waals surface area contributed by atoms with Crippen molar-refractivity contribution in [2.75, 3.05) is 7.11 Å². The molecule has 0 atom stereocenters. The van der Waals surface area contributed by atoms with Gasteiger partial charge in [0, 0.05) is 10.4 Å². The summed E-state index contributed by atoms with van der Waals surface area (Å²) in [5.41, 5.74) is 2.51. The van der Waals surface area contributed by atoms with Gasteiger partial charge >= 0.3 is 0 Å². The zero-order chi connectivity index (χ0) is 20.9. The summed E-state index contributed by atoms with van der Waals surface area (Å²) < 4.78 is 11.1. The van der Waals surface area contributed by atoms with Crippen molar-refractivity contribution in [3.63, 3.8) is 0 Å². The molecule has 0 saturated carbocycles. The Morgan fingerprint density at radius 3 is 2.47 bits per heavy atom. The molecule has 0 bridgehead atoms. The first-order valence-electron chi connectivity index (χ1n) is 9.42. The van der Waals surface area contributed by atoms with E-state index in [0.717, 1.165) is 27.5 Å². The molecule has 4 rings (SSSR count). The third kappa shape index (κ3) is 4.53. The fraction of sp³-hybridized carbons (Fsp3) is 0.0800. The lowest BCUT2D eigenvalue weighted by Crippen LogP contribution is -1.97. The minimum atomic E-state index is -0.103. The number of ketones is 1. The number of ether oxygens (including phenoxy) is 2. The van der Waals surface area contributed by atoms with Crippen LogP contribution in [0.15, 0.2) is 84.9 Å². The van der Waals surface area contributed by atoms with Crippen LogP contribution in [0.4, 0.5) is 0 Å². The van der Waals surface area contributed by atoms with Gasteiger partial charge in [-0.3, -0.25) is 4.79 Å². The van der Waals surface area contributed by atoms with Gasteiger partial charge in [0.2, 0.25) is 5.78 Å². The number of carbonyl (C=O) groups excluding carboxylic acids is 1. The molecule has 5 heteroatoms. The average Bonchev–Trinajstić information content (AvgIpc) is 3.28. The van der Waals surface area contributed by atoms with Gasteiger partial charge in [0.15, 0.2) is 0 Å². The fourth-order valence-corrected chi connectivity index (χ4v) is 4.00. The summed E-state index contributed by atoms with van der Waals surface area (Å²) in [5, 5.41) is 9.61. The number of hydrogen-bond acceptors (Lipinski definition) is 5. The highest BCUT2D eigenvalue weighted by atomic mass is 32.1. The Morgan fingerprint density at radius 2 is 1.70 bits per heavy atom. The van der Waals surface area contributed by atoms with Crippen LogP contribution in [0.3, 0.4) is 0 Å². The van der Waals surface area contributed by atoms with Crippen LogP contribution in [0.2, 0.25) is 0 Å².